The van der Waals surface area contributed by atoms with Crippen molar-refractivity contribution in [2.24, 2.45) is 11.3 Å². The molecule has 1 saturated heterocycles. The van der Waals surface area contributed by atoms with Crippen molar-refractivity contribution in [3.8, 4) is 0 Å². The predicted octanol–water partition coefficient (Wildman–Crippen LogP) is 3.30. The third-order valence-corrected chi connectivity index (χ3v) is 6.19. The molecule has 2 saturated carbocycles. The van der Waals surface area contributed by atoms with Crippen molar-refractivity contribution in [2.45, 2.75) is 44.4 Å². The van der Waals surface area contributed by atoms with Crippen LogP contribution in [0.3, 0.4) is 0 Å². The molecule has 4 nitrogen and oxygen atoms in total. The maximum Gasteiger partial charge on any atom is 0.0699 e. The summed E-state index contributed by atoms with van der Waals surface area (Å²) in [6, 6.07) is 11.4. The van der Waals surface area contributed by atoms with Crippen LogP contribution in [0.25, 0.3) is 0 Å². The maximum absolute atomic E-state index is 6.02. The van der Waals surface area contributed by atoms with Crippen LogP contribution in [0, 0.1) is 11.3 Å². The molecule has 4 heteroatoms. The van der Waals surface area contributed by atoms with Crippen LogP contribution in [0.4, 0.5) is 5.69 Å². The van der Waals surface area contributed by atoms with Crippen LogP contribution in [0.5, 0.6) is 0 Å². The Labute approximate surface area is 136 Å². The number of nitrogens with one attached hydrogen (secondary N) is 1. The van der Waals surface area contributed by atoms with Gasteiger partial charge in [-0.15, -0.1) is 0 Å². The van der Waals surface area contributed by atoms with Crippen LogP contribution in [-0.2, 0) is 11.3 Å². The Morgan fingerprint density at radius 3 is 3.04 bits per heavy atom. The number of hydrogen-bond donors (Lipinski definition) is 1. The van der Waals surface area contributed by atoms with Gasteiger partial charge in [0.25, 0.3) is 0 Å². The van der Waals surface area contributed by atoms with E-state index in [1.165, 1.54) is 36.9 Å². The third-order valence-electron chi connectivity index (χ3n) is 6.19. The van der Waals surface area contributed by atoms with Gasteiger partial charge in [-0.3, -0.25) is 4.68 Å². The molecular weight excluding hydrogens is 286 g/mol. The van der Waals surface area contributed by atoms with Crippen LogP contribution in [0.2, 0.25) is 0 Å². The first-order valence-electron chi connectivity index (χ1n) is 8.80. The molecule has 120 valence electrons. The second kappa shape index (κ2) is 5.10. The molecule has 2 aromatic rings. The van der Waals surface area contributed by atoms with Crippen molar-refractivity contribution in [2.75, 3.05) is 11.9 Å². The zero-order valence-electron chi connectivity index (χ0n) is 13.3. The molecule has 1 N–H and O–H groups in total. The topological polar surface area (TPSA) is 39.1 Å². The van der Waals surface area contributed by atoms with Crippen LogP contribution < -0.4 is 5.32 Å². The summed E-state index contributed by atoms with van der Waals surface area (Å²) in [6.07, 6.45) is 9.62. The van der Waals surface area contributed by atoms with Gasteiger partial charge >= 0.3 is 0 Å². The average Bonchev–Trinajstić information content (AvgIpc) is 3.14. The summed E-state index contributed by atoms with van der Waals surface area (Å²) in [7, 11) is 0. The third kappa shape index (κ3) is 2.04. The number of aromatic nitrogens is 2. The molecule has 23 heavy (non-hydrogen) atoms. The van der Waals surface area contributed by atoms with Crippen LogP contribution >= 0.6 is 0 Å². The number of rotatable bonds is 4. The number of nitrogens with zero attached hydrogens (tertiary/aromatic N) is 2. The zero-order valence-corrected chi connectivity index (χ0v) is 13.3. The molecule has 3 fully saturated rings. The first kappa shape index (κ1) is 13.6. The molecule has 2 heterocycles. The van der Waals surface area contributed by atoms with Crippen LogP contribution in [-0.4, -0.2) is 28.5 Å². The van der Waals surface area contributed by atoms with E-state index in [9.17, 15) is 0 Å². The van der Waals surface area contributed by atoms with Gasteiger partial charge in [0, 0.05) is 42.1 Å². The van der Waals surface area contributed by atoms with Crippen molar-refractivity contribution in [3.05, 3.63) is 48.3 Å². The smallest absolute Gasteiger partial charge is 0.0699 e. The quantitative estimate of drug-likeness (QED) is 0.942. The number of anilines is 1. The van der Waals surface area contributed by atoms with E-state index in [0.29, 0.717) is 23.5 Å². The summed E-state index contributed by atoms with van der Waals surface area (Å²) >= 11 is 0. The Kier molecular flexibility index (Phi) is 3.02. The molecule has 3 aliphatic rings. The summed E-state index contributed by atoms with van der Waals surface area (Å²) in [5, 5.41) is 8.15. The van der Waals surface area contributed by atoms with E-state index in [1.807, 2.05) is 23.1 Å². The highest BCUT2D eigenvalue weighted by Crippen LogP contribution is 2.63. The number of benzene rings is 1. The monoisotopic (exact) mass is 309 g/mol. The SMILES string of the molecule is c1cc(Cn2cccn2)cc(N[C@@H]2[C@H]3CCO[C@@H]3C23CCC3)c1. The first-order chi connectivity index (χ1) is 11.4. The van der Waals surface area contributed by atoms with E-state index < -0.39 is 0 Å². The molecule has 3 atom stereocenters. The highest BCUT2D eigenvalue weighted by atomic mass is 16.5. The van der Waals surface area contributed by atoms with Gasteiger partial charge in [-0.25, -0.2) is 0 Å². The van der Waals surface area contributed by atoms with Crippen molar-refractivity contribution >= 4 is 5.69 Å². The van der Waals surface area contributed by atoms with Gasteiger partial charge in [-0.2, -0.15) is 5.10 Å². The van der Waals surface area contributed by atoms with E-state index >= 15 is 0 Å². The maximum atomic E-state index is 6.02. The largest absolute Gasteiger partial charge is 0.381 e. The standard InChI is InChI=1S/C19H23N3O/c1-4-14(13-22-10-3-9-20-22)12-15(5-1)21-17-16-6-11-23-18(16)19(17)7-2-8-19/h1,3-5,9-10,12,16-18,21H,2,6-8,11,13H2/t16-,17-,18+/m1/s1. The Balaban J connectivity index is 1.34. The molecule has 1 aliphatic heterocycles. The summed E-state index contributed by atoms with van der Waals surface area (Å²) in [4.78, 5) is 0. The lowest BCUT2D eigenvalue weighted by Gasteiger charge is -2.63. The number of ether oxygens (including phenoxy) is 1. The molecule has 0 radical (unpaired) electrons. The minimum atomic E-state index is 0.430. The molecule has 0 unspecified atom stereocenters. The van der Waals surface area contributed by atoms with Gasteiger partial charge in [-0.1, -0.05) is 18.6 Å². The number of fused-ring (bicyclic) bond motifs is 2. The fourth-order valence-electron chi connectivity index (χ4n) is 4.98. The van der Waals surface area contributed by atoms with Gasteiger partial charge in [0.05, 0.1) is 12.6 Å². The Morgan fingerprint density at radius 2 is 2.26 bits per heavy atom. The number of hydrogen-bond acceptors (Lipinski definition) is 3. The lowest BCUT2D eigenvalue weighted by atomic mass is 9.46. The van der Waals surface area contributed by atoms with Gasteiger partial charge in [0.2, 0.25) is 0 Å². The Hall–Kier alpha value is -1.81. The average molecular weight is 309 g/mol. The summed E-state index contributed by atoms with van der Waals surface area (Å²) in [5.41, 5.74) is 2.97. The summed E-state index contributed by atoms with van der Waals surface area (Å²) in [5.74, 6) is 0.713. The van der Waals surface area contributed by atoms with Crippen molar-refractivity contribution < 1.29 is 4.74 Å². The molecule has 1 aromatic heterocycles. The normalized spacial score (nSPS) is 30.5. The second-order valence-electron chi connectivity index (χ2n) is 7.36. The fraction of sp³-hybridized carbons (Fsp3) is 0.526. The van der Waals surface area contributed by atoms with Gasteiger partial charge in [0.1, 0.15) is 0 Å². The molecule has 0 amide bonds. The van der Waals surface area contributed by atoms with Gasteiger partial charge < -0.3 is 10.1 Å². The lowest BCUT2D eigenvalue weighted by Crippen LogP contribution is -2.68. The molecule has 5 rings (SSSR count). The van der Waals surface area contributed by atoms with Gasteiger partial charge in [-0.05, 0) is 43.0 Å². The minimum absolute atomic E-state index is 0.430. The van der Waals surface area contributed by atoms with Crippen molar-refractivity contribution in [1.29, 1.82) is 0 Å². The first-order valence-corrected chi connectivity index (χ1v) is 8.80. The highest BCUT2D eigenvalue weighted by Gasteiger charge is 2.66. The predicted molar refractivity (Wildman–Crippen MR) is 89.3 cm³/mol. The zero-order chi connectivity index (χ0) is 15.3. The van der Waals surface area contributed by atoms with E-state index in [2.05, 4.69) is 34.7 Å². The molecule has 1 spiro atoms. The van der Waals surface area contributed by atoms with E-state index in [0.717, 1.165) is 13.2 Å². The molecule has 0 bridgehead atoms. The molecule has 2 aliphatic carbocycles. The second-order valence-corrected chi connectivity index (χ2v) is 7.36. The van der Waals surface area contributed by atoms with Crippen LogP contribution in [0.1, 0.15) is 31.2 Å². The highest BCUT2D eigenvalue weighted by molar-refractivity contribution is 5.49. The summed E-state index contributed by atoms with van der Waals surface area (Å²) < 4.78 is 7.99. The van der Waals surface area contributed by atoms with E-state index in [-0.39, 0.29) is 0 Å². The molecule has 1 aromatic carbocycles. The van der Waals surface area contributed by atoms with Crippen molar-refractivity contribution in [3.63, 3.8) is 0 Å². The van der Waals surface area contributed by atoms with Crippen molar-refractivity contribution in [1.82, 2.24) is 9.78 Å². The fourth-order valence-corrected chi connectivity index (χ4v) is 4.98. The van der Waals surface area contributed by atoms with E-state index in [4.69, 9.17) is 4.74 Å². The molecular formula is C19H23N3O. The van der Waals surface area contributed by atoms with Crippen LogP contribution in [0.15, 0.2) is 42.7 Å². The summed E-state index contributed by atoms with van der Waals surface area (Å²) in [6.45, 7) is 1.78. The Morgan fingerprint density at radius 1 is 1.30 bits per heavy atom. The van der Waals surface area contributed by atoms with Gasteiger partial charge in [0.15, 0.2) is 0 Å². The lowest BCUT2D eigenvalue weighted by molar-refractivity contribution is -0.158. The van der Waals surface area contributed by atoms with E-state index in [1.54, 1.807) is 0 Å². The minimum Gasteiger partial charge on any atom is -0.381 e. The Bertz CT molecular complexity index is 692.